The Labute approximate surface area is 137 Å². The lowest BCUT2D eigenvalue weighted by molar-refractivity contribution is 0.327. The Hall–Kier alpha value is -2.72. The van der Waals surface area contributed by atoms with Gasteiger partial charge in [-0.1, -0.05) is 30.5 Å². The van der Waals surface area contributed by atoms with E-state index >= 15 is 0 Å². The number of benzene rings is 1. The maximum Gasteiger partial charge on any atom is 0.270 e. The first kappa shape index (κ1) is 16.6. The average Bonchev–Trinajstić information content (AvgIpc) is 2.58. The second kappa shape index (κ2) is 7.51. The lowest BCUT2D eigenvalue weighted by Crippen LogP contribution is -2.15. The zero-order valence-corrected chi connectivity index (χ0v) is 13.6. The highest BCUT2D eigenvalue weighted by molar-refractivity contribution is 7.98. The molecule has 2 aromatic rings. The van der Waals surface area contributed by atoms with Crippen LogP contribution in [0.3, 0.4) is 0 Å². The molecule has 7 heteroatoms. The van der Waals surface area contributed by atoms with Crippen molar-refractivity contribution < 1.29 is 9.47 Å². The van der Waals surface area contributed by atoms with Gasteiger partial charge in [-0.05, 0) is 18.4 Å². The first-order chi connectivity index (χ1) is 11.2. The van der Waals surface area contributed by atoms with Gasteiger partial charge in [-0.15, -0.1) is 0 Å². The first-order valence-electron chi connectivity index (χ1n) is 6.65. The van der Waals surface area contributed by atoms with Crippen molar-refractivity contribution in [1.29, 1.82) is 5.26 Å². The molecule has 0 aliphatic rings. The Balaban J connectivity index is 2.76. The van der Waals surface area contributed by atoms with E-state index in [4.69, 9.17) is 9.47 Å². The molecular formula is C16H15N3O3S. The molecule has 1 heterocycles. The van der Waals surface area contributed by atoms with Crippen LogP contribution < -0.4 is 15.0 Å². The smallest absolute Gasteiger partial charge is 0.270 e. The molecule has 0 saturated heterocycles. The van der Waals surface area contributed by atoms with E-state index in [1.54, 1.807) is 30.5 Å². The molecule has 0 fully saturated rings. The largest absolute Gasteiger partial charge is 0.493 e. The number of aromatic nitrogens is 2. The molecule has 0 amide bonds. The van der Waals surface area contributed by atoms with Gasteiger partial charge in [-0.3, -0.25) is 4.79 Å². The lowest BCUT2D eigenvalue weighted by Gasteiger charge is -2.14. The number of para-hydroxylation sites is 1. The minimum Gasteiger partial charge on any atom is -0.493 e. The van der Waals surface area contributed by atoms with Crippen LogP contribution in [-0.4, -0.2) is 29.9 Å². The molecule has 0 aliphatic heterocycles. The van der Waals surface area contributed by atoms with Crippen LogP contribution in [0.15, 0.2) is 40.8 Å². The molecule has 1 aromatic carbocycles. The number of nitrogens with one attached hydrogen (secondary N) is 1. The van der Waals surface area contributed by atoms with Crippen LogP contribution in [0.2, 0.25) is 0 Å². The second-order valence-corrected chi connectivity index (χ2v) is 5.14. The summed E-state index contributed by atoms with van der Waals surface area (Å²) < 4.78 is 11.0. The van der Waals surface area contributed by atoms with Gasteiger partial charge in [0, 0.05) is 5.56 Å². The standard InChI is InChI=1S/C16H15N3O3S/c1-4-8-22-14-10(6-5-7-12(14)21-2)13-11(9-17)15(20)19-16(18-13)23-3/h4-7H,1,8H2,2-3H3,(H,18,19,20). The van der Waals surface area contributed by atoms with Gasteiger partial charge >= 0.3 is 0 Å². The highest BCUT2D eigenvalue weighted by atomic mass is 32.2. The monoisotopic (exact) mass is 329 g/mol. The number of thioether (sulfide) groups is 1. The van der Waals surface area contributed by atoms with Crippen LogP contribution in [0.1, 0.15) is 5.56 Å². The molecule has 6 nitrogen and oxygen atoms in total. The van der Waals surface area contributed by atoms with Crippen molar-refractivity contribution in [3.63, 3.8) is 0 Å². The van der Waals surface area contributed by atoms with Crippen molar-refractivity contribution in [2.75, 3.05) is 20.0 Å². The Morgan fingerprint density at radius 2 is 2.30 bits per heavy atom. The fraction of sp³-hybridized carbons (Fsp3) is 0.188. The molecule has 23 heavy (non-hydrogen) atoms. The number of ether oxygens (including phenoxy) is 2. The summed E-state index contributed by atoms with van der Waals surface area (Å²) in [6, 6.07) is 7.11. The molecule has 0 bridgehead atoms. The summed E-state index contributed by atoms with van der Waals surface area (Å²) in [7, 11) is 1.52. The van der Waals surface area contributed by atoms with Crippen molar-refractivity contribution >= 4 is 11.8 Å². The quantitative estimate of drug-likeness (QED) is 0.498. The number of H-pyrrole nitrogens is 1. The Bertz CT molecular complexity index is 824. The molecule has 0 unspecified atom stereocenters. The van der Waals surface area contributed by atoms with Gasteiger partial charge in [0.25, 0.3) is 5.56 Å². The van der Waals surface area contributed by atoms with Crippen molar-refractivity contribution in [3.8, 4) is 28.8 Å². The summed E-state index contributed by atoms with van der Waals surface area (Å²) >= 11 is 1.28. The third kappa shape index (κ3) is 3.38. The highest BCUT2D eigenvalue weighted by Crippen LogP contribution is 2.38. The van der Waals surface area contributed by atoms with E-state index in [0.717, 1.165) is 0 Å². The van der Waals surface area contributed by atoms with Crippen LogP contribution in [0.25, 0.3) is 11.3 Å². The minimum absolute atomic E-state index is 0.0699. The van der Waals surface area contributed by atoms with Gasteiger partial charge in [0.1, 0.15) is 23.9 Å². The van der Waals surface area contributed by atoms with Crippen LogP contribution in [-0.2, 0) is 0 Å². The second-order valence-electron chi connectivity index (χ2n) is 4.35. The minimum atomic E-state index is -0.487. The van der Waals surface area contributed by atoms with Gasteiger partial charge in [-0.25, -0.2) is 4.98 Å². The van der Waals surface area contributed by atoms with E-state index in [1.807, 2.05) is 6.07 Å². The molecule has 0 aliphatic carbocycles. The van der Waals surface area contributed by atoms with Gasteiger partial charge in [0.05, 0.1) is 7.11 Å². The summed E-state index contributed by atoms with van der Waals surface area (Å²) in [5, 5.41) is 9.73. The molecule has 1 aromatic heterocycles. The lowest BCUT2D eigenvalue weighted by atomic mass is 10.1. The van der Waals surface area contributed by atoms with Gasteiger partial charge in [-0.2, -0.15) is 5.26 Å². The SMILES string of the molecule is C=CCOc1c(OC)cccc1-c1nc(SC)[nH]c(=O)c1C#N. The molecule has 0 spiro atoms. The Morgan fingerprint density at radius 1 is 1.52 bits per heavy atom. The number of nitriles is 1. The first-order valence-corrected chi connectivity index (χ1v) is 7.88. The Kier molecular flexibility index (Phi) is 5.44. The maximum atomic E-state index is 12.1. The number of nitrogens with zero attached hydrogens (tertiary/aromatic N) is 2. The predicted octanol–water partition coefficient (Wildman–Crippen LogP) is 2.60. The number of aromatic amines is 1. The molecule has 2 rings (SSSR count). The topological polar surface area (TPSA) is 88.0 Å². The fourth-order valence-electron chi connectivity index (χ4n) is 2.00. The van der Waals surface area contributed by atoms with E-state index in [0.29, 0.717) is 22.2 Å². The molecule has 118 valence electrons. The molecule has 0 atom stereocenters. The fourth-order valence-corrected chi connectivity index (χ4v) is 2.38. The number of hydrogen-bond donors (Lipinski definition) is 1. The number of methoxy groups -OCH3 is 1. The van der Waals surface area contributed by atoms with Crippen molar-refractivity contribution in [2.24, 2.45) is 0 Å². The van der Waals surface area contributed by atoms with E-state index in [2.05, 4.69) is 16.5 Å². The van der Waals surface area contributed by atoms with Crippen molar-refractivity contribution in [1.82, 2.24) is 9.97 Å². The van der Waals surface area contributed by atoms with E-state index in [-0.39, 0.29) is 17.9 Å². The summed E-state index contributed by atoms with van der Waals surface area (Å²) in [5.74, 6) is 0.901. The van der Waals surface area contributed by atoms with Gasteiger partial charge in [0.2, 0.25) is 0 Å². The van der Waals surface area contributed by atoms with E-state index in [9.17, 15) is 10.1 Å². The highest BCUT2D eigenvalue weighted by Gasteiger charge is 2.19. The Morgan fingerprint density at radius 3 is 2.91 bits per heavy atom. The van der Waals surface area contributed by atoms with Gasteiger partial charge in [0.15, 0.2) is 16.7 Å². The molecule has 0 saturated carbocycles. The van der Waals surface area contributed by atoms with Crippen LogP contribution in [0, 0.1) is 11.3 Å². The zero-order valence-electron chi connectivity index (χ0n) is 12.8. The van der Waals surface area contributed by atoms with Crippen molar-refractivity contribution in [3.05, 3.63) is 46.8 Å². The van der Waals surface area contributed by atoms with Crippen LogP contribution >= 0.6 is 11.8 Å². The van der Waals surface area contributed by atoms with E-state index in [1.165, 1.54) is 18.9 Å². The average molecular weight is 329 g/mol. The summed E-state index contributed by atoms with van der Waals surface area (Å²) in [4.78, 5) is 19.0. The third-order valence-corrected chi connectivity index (χ3v) is 3.58. The summed E-state index contributed by atoms with van der Waals surface area (Å²) in [6.07, 6.45) is 3.38. The van der Waals surface area contributed by atoms with Gasteiger partial charge < -0.3 is 14.5 Å². The number of hydrogen-bond acceptors (Lipinski definition) is 6. The molecule has 1 N–H and O–H groups in total. The zero-order chi connectivity index (χ0) is 16.8. The third-order valence-electron chi connectivity index (χ3n) is 3.00. The van der Waals surface area contributed by atoms with Crippen molar-refractivity contribution in [2.45, 2.75) is 5.16 Å². The predicted molar refractivity (Wildman–Crippen MR) is 89.0 cm³/mol. The molecule has 0 radical (unpaired) electrons. The summed E-state index contributed by atoms with van der Waals surface area (Å²) in [6.45, 7) is 3.87. The van der Waals surface area contributed by atoms with Crippen LogP contribution in [0.5, 0.6) is 11.5 Å². The maximum absolute atomic E-state index is 12.1. The van der Waals surface area contributed by atoms with E-state index < -0.39 is 5.56 Å². The van der Waals surface area contributed by atoms with Crippen LogP contribution in [0.4, 0.5) is 0 Å². The summed E-state index contributed by atoms with van der Waals surface area (Å²) in [5.41, 5.74) is 0.224. The number of rotatable bonds is 6. The molecular weight excluding hydrogens is 314 g/mol. The normalized spacial score (nSPS) is 9.96.